The number of ether oxygens (including phenoxy) is 1. The van der Waals surface area contributed by atoms with Gasteiger partial charge in [0.15, 0.2) is 5.96 Å². The Hall–Kier alpha value is -1.99. The molecule has 1 aromatic rings. The highest BCUT2D eigenvalue weighted by Gasteiger charge is 2.23. The van der Waals surface area contributed by atoms with E-state index in [9.17, 15) is 4.79 Å². The molecule has 0 aromatic heterocycles. The molecule has 1 heterocycles. The first-order chi connectivity index (χ1) is 13.5. The van der Waals surface area contributed by atoms with E-state index in [0.29, 0.717) is 18.2 Å². The van der Waals surface area contributed by atoms with Crippen LogP contribution >= 0.6 is 11.6 Å². The zero-order chi connectivity index (χ0) is 20.4. The molecule has 0 aliphatic carbocycles. The number of halogens is 1. The molecule has 0 radical (unpaired) electrons. The molecule has 28 heavy (non-hydrogen) atoms. The Morgan fingerprint density at radius 3 is 2.86 bits per heavy atom. The van der Waals surface area contributed by atoms with Gasteiger partial charge < -0.3 is 25.6 Å². The van der Waals surface area contributed by atoms with Gasteiger partial charge in [-0.2, -0.15) is 0 Å². The van der Waals surface area contributed by atoms with Gasteiger partial charge in [0.1, 0.15) is 12.4 Å². The predicted octanol–water partition coefficient (Wildman–Crippen LogP) is 1.81. The molecule has 1 saturated heterocycles. The van der Waals surface area contributed by atoms with Crippen molar-refractivity contribution in [1.29, 1.82) is 0 Å². The fourth-order valence-corrected chi connectivity index (χ4v) is 3.44. The van der Waals surface area contributed by atoms with Crippen molar-refractivity contribution in [3.63, 3.8) is 0 Å². The lowest BCUT2D eigenvalue weighted by atomic mass is 9.97. The molecule has 1 aliphatic rings. The Kier molecular flexibility index (Phi) is 9.37. The maximum Gasteiger partial charge on any atom is 0.221 e. The molecule has 2 rings (SSSR count). The molecular weight excluding hydrogens is 378 g/mol. The summed E-state index contributed by atoms with van der Waals surface area (Å²) in [6.45, 7) is 4.88. The number of carbonyl (C=O) groups excluding carboxylic acids is 1. The maximum absolute atomic E-state index is 11.4. The summed E-state index contributed by atoms with van der Waals surface area (Å²) >= 11 is 5.88. The van der Waals surface area contributed by atoms with Crippen molar-refractivity contribution >= 4 is 23.5 Å². The molecule has 1 aliphatic heterocycles. The second-order valence-corrected chi connectivity index (χ2v) is 7.53. The summed E-state index contributed by atoms with van der Waals surface area (Å²) < 4.78 is 5.73. The topological polar surface area (TPSA) is 83.2 Å². The van der Waals surface area contributed by atoms with Crippen LogP contribution in [0.3, 0.4) is 0 Å². The van der Waals surface area contributed by atoms with Gasteiger partial charge in [-0.1, -0.05) is 11.6 Å². The zero-order valence-corrected chi connectivity index (χ0v) is 17.6. The van der Waals surface area contributed by atoms with Crippen LogP contribution in [0.4, 0.5) is 0 Å². The van der Waals surface area contributed by atoms with Crippen LogP contribution in [0.15, 0.2) is 29.3 Å². The highest BCUT2D eigenvalue weighted by atomic mass is 35.5. The normalized spacial score (nSPS) is 18.0. The number of aliphatic imine (C=N–C) groups is 1. The standard InChI is InChI=1S/C20H32ClN5O2/c1-23-20(25(2)13-14-28-18-8-6-17(21)7-9-18)24-10-4-12-26-11-3-5-16(15-26)19(22)27/h6-9,16H,3-5,10-15H2,1-2H3,(H2,22,27)(H,23,24). The van der Waals surface area contributed by atoms with Gasteiger partial charge in [-0.15, -0.1) is 0 Å². The first kappa shape index (κ1) is 22.3. The molecular formula is C20H32ClN5O2. The molecule has 3 N–H and O–H groups in total. The van der Waals surface area contributed by atoms with Crippen LogP contribution in [0, 0.1) is 5.92 Å². The minimum absolute atomic E-state index is 0.00116. The Morgan fingerprint density at radius 2 is 2.18 bits per heavy atom. The molecule has 1 aromatic carbocycles. The predicted molar refractivity (Wildman–Crippen MR) is 114 cm³/mol. The van der Waals surface area contributed by atoms with E-state index in [4.69, 9.17) is 22.1 Å². The molecule has 7 nitrogen and oxygen atoms in total. The number of rotatable bonds is 9. The van der Waals surface area contributed by atoms with Crippen LogP contribution in [0.5, 0.6) is 5.75 Å². The second-order valence-electron chi connectivity index (χ2n) is 7.09. The number of benzene rings is 1. The van der Waals surface area contributed by atoms with Gasteiger partial charge >= 0.3 is 0 Å². The number of primary amides is 1. The fourth-order valence-electron chi connectivity index (χ4n) is 3.32. The summed E-state index contributed by atoms with van der Waals surface area (Å²) in [5.74, 6) is 1.47. The summed E-state index contributed by atoms with van der Waals surface area (Å²) in [5, 5.41) is 4.08. The van der Waals surface area contributed by atoms with Crippen molar-refractivity contribution in [2.75, 3.05) is 53.4 Å². The molecule has 8 heteroatoms. The average Bonchev–Trinajstić information content (AvgIpc) is 2.69. The largest absolute Gasteiger partial charge is 0.492 e. The first-order valence-electron chi connectivity index (χ1n) is 9.81. The lowest BCUT2D eigenvalue weighted by molar-refractivity contribution is -0.123. The third-order valence-electron chi connectivity index (χ3n) is 4.92. The van der Waals surface area contributed by atoms with E-state index in [1.165, 1.54) is 0 Å². The first-order valence-corrected chi connectivity index (χ1v) is 10.2. The Morgan fingerprint density at radius 1 is 1.43 bits per heavy atom. The lowest BCUT2D eigenvalue weighted by Gasteiger charge is -2.31. The summed E-state index contributed by atoms with van der Waals surface area (Å²) in [6.07, 6.45) is 2.94. The highest BCUT2D eigenvalue weighted by molar-refractivity contribution is 6.30. The fraction of sp³-hybridized carbons (Fsp3) is 0.600. The Balaban J connectivity index is 1.63. The van der Waals surface area contributed by atoms with Crippen molar-refractivity contribution in [3.8, 4) is 5.75 Å². The van der Waals surface area contributed by atoms with Crippen LogP contribution in [0.2, 0.25) is 5.02 Å². The number of hydrogen-bond donors (Lipinski definition) is 2. The number of hydrogen-bond acceptors (Lipinski definition) is 4. The van der Waals surface area contributed by atoms with E-state index in [0.717, 1.165) is 57.2 Å². The van der Waals surface area contributed by atoms with E-state index < -0.39 is 0 Å². The van der Waals surface area contributed by atoms with E-state index >= 15 is 0 Å². The van der Waals surface area contributed by atoms with Crippen molar-refractivity contribution in [3.05, 3.63) is 29.3 Å². The summed E-state index contributed by atoms with van der Waals surface area (Å²) in [6, 6.07) is 7.35. The molecule has 1 amide bonds. The monoisotopic (exact) mass is 409 g/mol. The number of likely N-dealkylation sites (tertiary alicyclic amines) is 1. The molecule has 1 fully saturated rings. The van der Waals surface area contributed by atoms with Gasteiger partial charge in [-0.3, -0.25) is 9.79 Å². The summed E-state index contributed by atoms with van der Waals surface area (Å²) in [4.78, 5) is 20.1. The molecule has 0 spiro atoms. The average molecular weight is 410 g/mol. The quantitative estimate of drug-likeness (QED) is 0.369. The highest BCUT2D eigenvalue weighted by Crippen LogP contribution is 2.16. The molecule has 0 saturated carbocycles. The number of nitrogens with two attached hydrogens (primary N) is 1. The molecule has 0 bridgehead atoms. The number of piperidine rings is 1. The van der Waals surface area contributed by atoms with Crippen molar-refractivity contribution in [2.24, 2.45) is 16.6 Å². The summed E-state index contributed by atoms with van der Waals surface area (Å²) in [7, 11) is 3.77. The Bertz CT molecular complexity index is 638. The van der Waals surface area contributed by atoms with Crippen LogP contribution in [0.25, 0.3) is 0 Å². The molecule has 156 valence electrons. The maximum atomic E-state index is 11.4. The van der Waals surface area contributed by atoms with Gasteiger partial charge in [-0.05, 0) is 56.6 Å². The van der Waals surface area contributed by atoms with E-state index in [1.54, 1.807) is 7.05 Å². The zero-order valence-electron chi connectivity index (χ0n) is 16.9. The number of nitrogens with one attached hydrogen (secondary N) is 1. The second kappa shape index (κ2) is 11.8. The number of nitrogens with zero attached hydrogens (tertiary/aromatic N) is 3. The van der Waals surface area contributed by atoms with Crippen LogP contribution in [-0.2, 0) is 4.79 Å². The van der Waals surface area contributed by atoms with E-state index in [-0.39, 0.29) is 11.8 Å². The molecule has 1 atom stereocenters. The van der Waals surface area contributed by atoms with Crippen molar-refractivity contribution in [1.82, 2.24) is 15.1 Å². The van der Waals surface area contributed by atoms with Gasteiger partial charge in [-0.25, -0.2) is 0 Å². The van der Waals surface area contributed by atoms with Gasteiger partial charge in [0, 0.05) is 32.2 Å². The van der Waals surface area contributed by atoms with Crippen LogP contribution in [0.1, 0.15) is 19.3 Å². The number of guanidine groups is 1. The number of carbonyl (C=O) groups is 1. The van der Waals surface area contributed by atoms with Crippen LogP contribution in [-0.4, -0.2) is 75.1 Å². The summed E-state index contributed by atoms with van der Waals surface area (Å²) in [5.41, 5.74) is 5.44. The smallest absolute Gasteiger partial charge is 0.221 e. The van der Waals surface area contributed by atoms with Crippen molar-refractivity contribution in [2.45, 2.75) is 19.3 Å². The minimum atomic E-state index is -0.175. The van der Waals surface area contributed by atoms with Crippen LogP contribution < -0.4 is 15.8 Å². The number of likely N-dealkylation sites (N-methyl/N-ethyl adjacent to an activating group) is 1. The molecule has 1 unspecified atom stereocenters. The SMILES string of the molecule is CN=C(NCCCN1CCCC(C(N)=O)C1)N(C)CCOc1ccc(Cl)cc1. The minimum Gasteiger partial charge on any atom is -0.492 e. The third-order valence-corrected chi connectivity index (χ3v) is 5.18. The van der Waals surface area contributed by atoms with Gasteiger partial charge in [0.05, 0.1) is 12.5 Å². The van der Waals surface area contributed by atoms with Gasteiger partial charge in [0.2, 0.25) is 5.91 Å². The third kappa shape index (κ3) is 7.56. The lowest BCUT2D eigenvalue weighted by Crippen LogP contribution is -2.43. The Labute approximate surface area is 172 Å². The van der Waals surface area contributed by atoms with E-state index in [2.05, 4.69) is 15.2 Å². The van der Waals surface area contributed by atoms with Gasteiger partial charge in [0.25, 0.3) is 0 Å². The number of amides is 1. The van der Waals surface area contributed by atoms with Crippen molar-refractivity contribution < 1.29 is 9.53 Å². The van der Waals surface area contributed by atoms with E-state index in [1.807, 2.05) is 36.2 Å².